The van der Waals surface area contributed by atoms with Gasteiger partial charge in [0.1, 0.15) is 12.6 Å². The monoisotopic (exact) mass is 602 g/mol. The van der Waals surface area contributed by atoms with Crippen LogP contribution in [0.4, 0.5) is 18.9 Å². The maximum Gasteiger partial charge on any atom is 0.416 e. The molecule has 1 aliphatic heterocycles. The molecule has 13 heteroatoms. The molecule has 1 heterocycles. The molecule has 1 saturated carbocycles. The maximum atomic E-state index is 12.8. The number of alkyl halides is 3. The number of hydrazine groups is 1. The molecular formula is C24H27BrClF3N6O2. The van der Waals surface area contributed by atoms with Gasteiger partial charge in [0.05, 0.1) is 22.8 Å². The predicted octanol–water partition coefficient (Wildman–Crippen LogP) is 4.47. The average molecular weight is 604 g/mol. The number of allylic oxidation sites excluding steroid dienone is 2. The number of halogens is 5. The van der Waals surface area contributed by atoms with Gasteiger partial charge in [0.25, 0.3) is 0 Å². The highest BCUT2D eigenvalue weighted by molar-refractivity contribution is 9.18. The Hall–Kier alpha value is -2.28. The Morgan fingerprint density at radius 3 is 2.81 bits per heavy atom. The average Bonchev–Trinajstić information content (AvgIpc) is 3.56. The van der Waals surface area contributed by atoms with Gasteiger partial charge >= 0.3 is 6.18 Å². The minimum atomic E-state index is -4.52. The van der Waals surface area contributed by atoms with Crippen LogP contribution in [0.25, 0.3) is 0 Å². The quantitative estimate of drug-likeness (QED) is 0.158. The molecule has 8 nitrogen and oxygen atoms in total. The van der Waals surface area contributed by atoms with Crippen LogP contribution in [0.3, 0.4) is 0 Å². The van der Waals surface area contributed by atoms with Gasteiger partial charge in [0.2, 0.25) is 5.91 Å². The van der Waals surface area contributed by atoms with Crippen LogP contribution in [-0.2, 0) is 15.8 Å². The van der Waals surface area contributed by atoms with Gasteiger partial charge in [0.15, 0.2) is 4.74 Å². The minimum Gasteiger partial charge on any atom is -0.324 e. The molecule has 2 aliphatic carbocycles. The van der Waals surface area contributed by atoms with Gasteiger partial charge in [-0.25, -0.2) is 15.0 Å². The molecule has 2 N–H and O–H groups in total. The molecule has 1 spiro atoms. The Kier molecular flexibility index (Phi) is 8.13. The summed E-state index contributed by atoms with van der Waals surface area (Å²) in [6, 6.07) is 3.27. The van der Waals surface area contributed by atoms with Crippen LogP contribution in [0.5, 0.6) is 0 Å². The van der Waals surface area contributed by atoms with E-state index in [1.165, 1.54) is 11.3 Å². The highest BCUT2D eigenvalue weighted by Gasteiger charge is 2.60. The third-order valence-corrected chi connectivity index (χ3v) is 8.03. The van der Waals surface area contributed by atoms with E-state index in [0.29, 0.717) is 12.0 Å². The zero-order valence-corrected chi connectivity index (χ0v) is 22.6. The molecule has 1 aromatic rings. The van der Waals surface area contributed by atoms with Crippen LogP contribution in [0.2, 0.25) is 5.02 Å². The number of likely N-dealkylation sites (tertiary alicyclic amines) is 1. The molecule has 200 valence electrons. The fraction of sp³-hybridized carbons (Fsp3) is 0.500. The lowest BCUT2D eigenvalue weighted by Crippen LogP contribution is -2.41. The first-order valence-corrected chi connectivity index (χ1v) is 12.9. The van der Waals surface area contributed by atoms with Crippen LogP contribution < -0.4 is 10.7 Å². The molecule has 1 aromatic carbocycles. The second kappa shape index (κ2) is 10.8. The molecule has 4 rings (SSSR count). The van der Waals surface area contributed by atoms with E-state index in [-0.39, 0.29) is 27.4 Å². The van der Waals surface area contributed by atoms with Crippen molar-refractivity contribution in [3.8, 4) is 0 Å². The smallest absolute Gasteiger partial charge is 0.324 e. The Morgan fingerprint density at radius 1 is 1.38 bits per heavy atom. The summed E-state index contributed by atoms with van der Waals surface area (Å²) in [6.07, 6.45) is 1.58. The zero-order chi connectivity index (χ0) is 27.0. The highest BCUT2D eigenvalue weighted by atomic mass is 79.9. The van der Waals surface area contributed by atoms with Crippen molar-refractivity contribution in [3.05, 3.63) is 40.1 Å². The zero-order valence-electron chi connectivity index (χ0n) is 20.3. The lowest BCUT2D eigenvalue weighted by atomic mass is 9.72. The van der Waals surface area contributed by atoms with Crippen LogP contribution >= 0.6 is 27.5 Å². The summed E-state index contributed by atoms with van der Waals surface area (Å²) >= 11 is 9.15. The molecule has 1 amide bonds. The largest absolute Gasteiger partial charge is 0.416 e. The third-order valence-electron chi connectivity index (χ3n) is 7.34. The number of hydrogen-bond acceptors (Lipinski definition) is 5. The van der Waals surface area contributed by atoms with E-state index in [0.717, 1.165) is 68.0 Å². The first kappa shape index (κ1) is 27.7. The lowest BCUT2D eigenvalue weighted by Gasteiger charge is -2.38. The normalized spacial score (nSPS) is 26.2. The second-order valence-corrected chi connectivity index (χ2v) is 10.8. The number of nitrogens with one attached hydrogen (secondary N) is 2. The summed E-state index contributed by atoms with van der Waals surface area (Å²) in [4.78, 5) is 35.3. The summed E-state index contributed by atoms with van der Waals surface area (Å²) in [5, 5.41) is 3.68. The van der Waals surface area contributed by atoms with Crippen LogP contribution in [0, 0.1) is 11.3 Å². The van der Waals surface area contributed by atoms with Gasteiger partial charge in [-0.05, 0) is 79.3 Å². The van der Waals surface area contributed by atoms with Gasteiger partial charge in [-0.3, -0.25) is 15.0 Å². The molecule has 3 atom stereocenters. The Morgan fingerprint density at radius 2 is 2.14 bits per heavy atom. The number of carbonyl (C=O) groups is 2. The lowest BCUT2D eigenvalue weighted by molar-refractivity contribution is -0.137. The van der Waals surface area contributed by atoms with Crippen LogP contribution in [0.15, 0.2) is 39.5 Å². The summed E-state index contributed by atoms with van der Waals surface area (Å²) in [7, 11) is 3.72. The minimum absolute atomic E-state index is 0.0612. The Balaban J connectivity index is 1.31. The molecule has 2 fully saturated rings. The number of aldehydes is 1. The van der Waals surface area contributed by atoms with Crippen molar-refractivity contribution in [1.29, 1.82) is 0 Å². The van der Waals surface area contributed by atoms with Crippen molar-refractivity contribution < 1.29 is 22.8 Å². The number of hydrogen-bond donors (Lipinski definition) is 2. The van der Waals surface area contributed by atoms with E-state index in [2.05, 4.69) is 48.6 Å². The molecule has 0 bridgehead atoms. The fourth-order valence-electron chi connectivity index (χ4n) is 5.43. The summed E-state index contributed by atoms with van der Waals surface area (Å²) in [6.45, 7) is 0.827. The number of aliphatic imine (C=N–C) groups is 2. The number of likely N-dealkylation sites (N-methyl/N-ethyl adjacent to an activating group) is 1. The van der Waals surface area contributed by atoms with Crippen molar-refractivity contribution in [2.45, 2.75) is 37.9 Å². The van der Waals surface area contributed by atoms with Gasteiger partial charge in [-0.1, -0.05) is 11.6 Å². The van der Waals surface area contributed by atoms with Crippen molar-refractivity contribution in [2.75, 3.05) is 32.5 Å². The number of anilines is 1. The maximum absolute atomic E-state index is 12.8. The highest BCUT2D eigenvalue weighted by Crippen LogP contribution is 2.62. The molecule has 37 heavy (non-hydrogen) atoms. The first-order chi connectivity index (χ1) is 17.4. The van der Waals surface area contributed by atoms with Gasteiger partial charge < -0.3 is 10.2 Å². The van der Waals surface area contributed by atoms with E-state index in [4.69, 9.17) is 11.6 Å². The van der Waals surface area contributed by atoms with Crippen molar-refractivity contribution in [1.82, 2.24) is 15.3 Å². The van der Waals surface area contributed by atoms with E-state index < -0.39 is 17.6 Å². The van der Waals surface area contributed by atoms with E-state index in [1.54, 1.807) is 7.05 Å². The molecule has 0 aromatic heterocycles. The number of nitrogens with zero attached hydrogens (tertiary/aromatic N) is 4. The first-order valence-electron chi connectivity index (χ1n) is 11.7. The van der Waals surface area contributed by atoms with E-state index >= 15 is 0 Å². The van der Waals surface area contributed by atoms with Gasteiger partial charge in [0, 0.05) is 29.8 Å². The number of rotatable bonds is 7. The summed E-state index contributed by atoms with van der Waals surface area (Å²) in [5.41, 5.74) is 3.53. The number of amidine groups is 1. The standard InChI is InChI=1S/C24H27BrClF3N6O2/c1-34-8-7-23(15-10-20(15)34)6-5-18(16(23)12-36)30-13-31-22(25)33-35(2)11-21(37)32-19-4-3-14(9-17(19)26)24(27,28)29/h3-4,9,12-13,15,20H,5-8,10-11H2,1-2H3,(H,32,37)(H,30,31,33). The fourth-order valence-corrected chi connectivity index (χ4v) is 6.05. The predicted molar refractivity (Wildman–Crippen MR) is 140 cm³/mol. The number of carbonyl (C=O) groups excluding carboxylic acids is 2. The van der Waals surface area contributed by atoms with E-state index in [1.807, 2.05) is 0 Å². The topological polar surface area (TPSA) is 89.4 Å². The van der Waals surface area contributed by atoms with E-state index in [9.17, 15) is 22.8 Å². The van der Waals surface area contributed by atoms with Gasteiger partial charge in [-0.2, -0.15) is 13.2 Å². The molecule has 1 saturated heterocycles. The summed E-state index contributed by atoms with van der Waals surface area (Å²) < 4.78 is 38.6. The van der Waals surface area contributed by atoms with Crippen molar-refractivity contribution in [2.24, 2.45) is 21.3 Å². The molecular weight excluding hydrogens is 577 g/mol. The Bertz CT molecular complexity index is 1170. The second-order valence-electron chi connectivity index (χ2n) is 9.65. The molecule has 3 unspecified atom stereocenters. The third kappa shape index (κ3) is 6.08. The molecule has 0 radical (unpaired) electrons. The van der Waals surface area contributed by atoms with Crippen molar-refractivity contribution in [3.63, 3.8) is 0 Å². The van der Waals surface area contributed by atoms with Crippen LogP contribution in [-0.4, -0.2) is 66.4 Å². The number of benzene rings is 1. The van der Waals surface area contributed by atoms with Gasteiger partial charge in [-0.15, -0.1) is 0 Å². The molecule has 3 aliphatic rings. The SMILES string of the molecule is CN(CC(=O)Nc1ccc(C(F)(F)F)cc1Cl)NC(Br)=NC=NC1=C(C=O)C2(CC1)CCN(C)C1CC12. The number of fused-ring (bicyclic) bond motifs is 2. The van der Waals surface area contributed by atoms with Crippen molar-refractivity contribution >= 4 is 56.5 Å². The Labute approximate surface area is 226 Å². The number of amides is 1. The number of piperidine rings is 1. The summed E-state index contributed by atoms with van der Waals surface area (Å²) in [5.74, 6) is 0.0208. The van der Waals surface area contributed by atoms with Crippen LogP contribution in [0.1, 0.15) is 31.2 Å².